The van der Waals surface area contributed by atoms with Crippen molar-refractivity contribution >= 4 is 11.9 Å². The molecular weight excluding hydrogens is 234 g/mol. The van der Waals surface area contributed by atoms with E-state index in [0.29, 0.717) is 5.75 Å². The molecule has 98 valence electrons. The van der Waals surface area contributed by atoms with Crippen LogP contribution in [0.15, 0.2) is 53.5 Å². The van der Waals surface area contributed by atoms with E-state index in [-0.39, 0.29) is 5.41 Å². The molecule has 0 bridgehead atoms. The monoisotopic (exact) mass is 253 g/mol. The number of para-hydroxylation sites is 2. The molecule has 2 heteroatoms. The van der Waals surface area contributed by atoms with Crippen LogP contribution >= 0.6 is 0 Å². The Morgan fingerprint density at radius 3 is 2.26 bits per heavy atom. The minimum atomic E-state index is -0.0827. The Kier molecular flexibility index (Phi) is 3.70. The van der Waals surface area contributed by atoms with Crippen LogP contribution in [-0.4, -0.2) is 11.3 Å². The van der Waals surface area contributed by atoms with Crippen molar-refractivity contribution in [1.82, 2.24) is 0 Å². The van der Waals surface area contributed by atoms with Crippen LogP contribution in [0.1, 0.15) is 31.9 Å². The molecule has 0 radical (unpaired) electrons. The SMILES string of the molecule is CC(C)(C)c1cccc(C=Nc2ccccc2)c1O. The van der Waals surface area contributed by atoms with E-state index in [4.69, 9.17) is 0 Å². The maximum atomic E-state index is 10.3. The van der Waals surface area contributed by atoms with E-state index < -0.39 is 0 Å². The molecule has 2 nitrogen and oxygen atoms in total. The fourth-order valence-electron chi connectivity index (χ4n) is 1.93. The van der Waals surface area contributed by atoms with Crippen LogP contribution < -0.4 is 0 Å². The number of hydrogen-bond donors (Lipinski definition) is 1. The van der Waals surface area contributed by atoms with E-state index in [9.17, 15) is 5.11 Å². The quantitative estimate of drug-likeness (QED) is 0.788. The predicted octanol–water partition coefficient (Wildman–Crippen LogP) is 4.44. The first-order valence-electron chi connectivity index (χ1n) is 6.40. The molecule has 19 heavy (non-hydrogen) atoms. The third-order valence-electron chi connectivity index (χ3n) is 2.98. The Morgan fingerprint density at radius 2 is 1.63 bits per heavy atom. The fraction of sp³-hybridized carbons (Fsp3) is 0.235. The second-order valence-electron chi connectivity index (χ2n) is 5.59. The van der Waals surface area contributed by atoms with Crippen molar-refractivity contribution in [2.75, 3.05) is 0 Å². The van der Waals surface area contributed by atoms with E-state index in [0.717, 1.165) is 16.8 Å². The van der Waals surface area contributed by atoms with Crippen LogP contribution in [-0.2, 0) is 5.41 Å². The van der Waals surface area contributed by atoms with Crippen molar-refractivity contribution < 1.29 is 5.11 Å². The van der Waals surface area contributed by atoms with Gasteiger partial charge in [0.2, 0.25) is 0 Å². The lowest BCUT2D eigenvalue weighted by molar-refractivity contribution is 0.446. The van der Waals surface area contributed by atoms with Crippen molar-refractivity contribution in [1.29, 1.82) is 0 Å². The van der Waals surface area contributed by atoms with E-state index in [1.54, 1.807) is 6.21 Å². The number of aromatic hydroxyl groups is 1. The number of phenols is 1. The average molecular weight is 253 g/mol. The highest BCUT2D eigenvalue weighted by Crippen LogP contribution is 2.32. The first-order valence-corrected chi connectivity index (χ1v) is 6.40. The van der Waals surface area contributed by atoms with Gasteiger partial charge in [-0.25, -0.2) is 0 Å². The van der Waals surface area contributed by atoms with Gasteiger partial charge in [0.1, 0.15) is 5.75 Å². The Labute approximate surface area is 114 Å². The second-order valence-corrected chi connectivity index (χ2v) is 5.59. The first-order chi connectivity index (χ1) is 8.98. The van der Waals surface area contributed by atoms with E-state index >= 15 is 0 Å². The van der Waals surface area contributed by atoms with Gasteiger partial charge < -0.3 is 5.11 Å². The van der Waals surface area contributed by atoms with Crippen LogP contribution in [0.3, 0.4) is 0 Å². The van der Waals surface area contributed by atoms with Gasteiger partial charge in [-0.1, -0.05) is 51.1 Å². The smallest absolute Gasteiger partial charge is 0.128 e. The van der Waals surface area contributed by atoms with Gasteiger partial charge in [-0.2, -0.15) is 0 Å². The number of benzene rings is 2. The van der Waals surface area contributed by atoms with Crippen molar-refractivity contribution in [3.63, 3.8) is 0 Å². The normalized spacial score (nSPS) is 11.9. The van der Waals surface area contributed by atoms with Gasteiger partial charge in [0.05, 0.1) is 5.69 Å². The summed E-state index contributed by atoms with van der Waals surface area (Å²) in [6.45, 7) is 6.25. The lowest BCUT2D eigenvalue weighted by Gasteiger charge is -2.21. The third kappa shape index (κ3) is 3.22. The minimum absolute atomic E-state index is 0.0827. The van der Waals surface area contributed by atoms with Crippen molar-refractivity contribution in [3.8, 4) is 5.75 Å². The van der Waals surface area contributed by atoms with Gasteiger partial charge in [-0.3, -0.25) is 4.99 Å². The summed E-state index contributed by atoms with van der Waals surface area (Å²) >= 11 is 0. The summed E-state index contributed by atoms with van der Waals surface area (Å²) in [5.74, 6) is 0.315. The highest BCUT2D eigenvalue weighted by atomic mass is 16.3. The molecule has 0 spiro atoms. The van der Waals surface area contributed by atoms with Crippen molar-refractivity contribution in [2.45, 2.75) is 26.2 Å². The largest absolute Gasteiger partial charge is 0.507 e. The Hall–Kier alpha value is -2.09. The highest BCUT2D eigenvalue weighted by molar-refractivity contribution is 5.86. The zero-order valence-electron chi connectivity index (χ0n) is 11.6. The third-order valence-corrected chi connectivity index (χ3v) is 2.98. The summed E-state index contributed by atoms with van der Waals surface area (Å²) in [7, 11) is 0. The molecule has 0 heterocycles. The molecule has 0 aliphatic carbocycles. The molecular formula is C17H19NO. The molecule has 0 atom stereocenters. The molecule has 0 aliphatic heterocycles. The molecule has 0 saturated carbocycles. The van der Waals surface area contributed by atoms with Crippen molar-refractivity contribution in [3.05, 3.63) is 59.7 Å². The summed E-state index contributed by atoms with van der Waals surface area (Å²) in [6.07, 6.45) is 1.71. The summed E-state index contributed by atoms with van der Waals surface area (Å²) in [5, 5.41) is 10.3. The topological polar surface area (TPSA) is 32.6 Å². The average Bonchev–Trinajstić information content (AvgIpc) is 2.37. The Bertz CT molecular complexity index is 580. The maximum Gasteiger partial charge on any atom is 0.128 e. The maximum absolute atomic E-state index is 10.3. The number of phenolic OH excluding ortho intramolecular Hbond substituents is 1. The molecule has 0 aromatic heterocycles. The van der Waals surface area contributed by atoms with Gasteiger partial charge in [-0.05, 0) is 29.2 Å². The van der Waals surface area contributed by atoms with E-state index in [1.807, 2.05) is 48.5 Å². The Morgan fingerprint density at radius 1 is 0.947 bits per heavy atom. The standard InChI is InChI=1S/C17H19NO/c1-17(2,3)15-11-7-8-13(16(15)19)12-18-14-9-5-4-6-10-14/h4-12,19H,1-3H3. The summed E-state index contributed by atoms with van der Waals surface area (Å²) in [4.78, 5) is 4.38. The zero-order valence-corrected chi connectivity index (χ0v) is 11.6. The number of aliphatic imine (C=N–C) groups is 1. The first kappa shape index (κ1) is 13.3. The molecule has 0 unspecified atom stereocenters. The van der Waals surface area contributed by atoms with E-state index in [1.165, 1.54) is 0 Å². The van der Waals surface area contributed by atoms with Gasteiger partial charge in [-0.15, -0.1) is 0 Å². The highest BCUT2D eigenvalue weighted by Gasteiger charge is 2.18. The molecule has 0 aliphatic rings. The van der Waals surface area contributed by atoms with E-state index in [2.05, 4.69) is 25.8 Å². The van der Waals surface area contributed by atoms with Crippen LogP contribution in [0.4, 0.5) is 5.69 Å². The van der Waals surface area contributed by atoms with Crippen LogP contribution in [0, 0.1) is 0 Å². The second kappa shape index (κ2) is 5.27. The lowest BCUT2D eigenvalue weighted by atomic mass is 9.85. The molecule has 2 rings (SSSR count). The molecule has 1 N–H and O–H groups in total. The van der Waals surface area contributed by atoms with Gasteiger partial charge >= 0.3 is 0 Å². The summed E-state index contributed by atoms with van der Waals surface area (Å²) in [5.41, 5.74) is 2.48. The number of rotatable bonds is 2. The van der Waals surface area contributed by atoms with Crippen LogP contribution in [0.5, 0.6) is 5.75 Å². The van der Waals surface area contributed by atoms with Crippen molar-refractivity contribution in [2.24, 2.45) is 4.99 Å². The predicted molar refractivity (Wildman–Crippen MR) is 80.5 cm³/mol. The minimum Gasteiger partial charge on any atom is -0.507 e. The Balaban J connectivity index is 2.34. The van der Waals surface area contributed by atoms with Gasteiger partial charge in [0.15, 0.2) is 0 Å². The van der Waals surface area contributed by atoms with Crippen LogP contribution in [0.2, 0.25) is 0 Å². The number of hydrogen-bond acceptors (Lipinski definition) is 2. The van der Waals surface area contributed by atoms with Crippen LogP contribution in [0.25, 0.3) is 0 Å². The summed E-state index contributed by atoms with van der Waals surface area (Å²) < 4.78 is 0. The zero-order chi connectivity index (χ0) is 13.9. The molecule has 0 saturated heterocycles. The summed E-state index contributed by atoms with van der Waals surface area (Å²) in [6, 6.07) is 15.5. The molecule has 2 aromatic carbocycles. The molecule has 2 aromatic rings. The molecule has 0 amide bonds. The lowest BCUT2D eigenvalue weighted by Crippen LogP contribution is -2.11. The number of nitrogens with zero attached hydrogens (tertiary/aromatic N) is 1. The fourth-order valence-corrected chi connectivity index (χ4v) is 1.93. The van der Waals surface area contributed by atoms with Gasteiger partial charge in [0, 0.05) is 11.8 Å². The van der Waals surface area contributed by atoms with Gasteiger partial charge in [0.25, 0.3) is 0 Å². The molecule has 0 fully saturated rings.